The van der Waals surface area contributed by atoms with Gasteiger partial charge in [0.15, 0.2) is 0 Å². The molecule has 32 heavy (non-hydrogen) atoms. The third-order valence-electron chi connectivity index (χ3n) is 4.86. The maximum Gasteiger partial charge on any atom is 0.259 e. The van der Waals surface area contributed by atoms with Crippen LogP contribution in [0.2, 0.25) is 0 Å². The summed E-state index contributed by atoms with van der Waals surface area (Å²) in [5.41, 5.74) is 4.65. The van der Waals surface area contributed by atoms with Crippen LogP contribution < -0.4 is 16.0 Å². The number of para-hydroxylation sites is 1. The molecule has 0 aliphatic heterocycles. The molecule has 8 heteroatoms. The van der Waals surface area contributed by atoms with Gasteiger partial charge in [0.2, 0.25) is 5.95 Å². The summed E-state index contributed by atoms with van der Waals surface area (Å²) in [6.45, 7) is 6.56. The van der Waals surface area contributed by atoms with Crippen molar-refractivity contribution in [3.63, 3.8) is 0 Å². The van der Waals surface area contributed by atoms with Gasteiger partial charge in [0, 0.05) is 29.7 Å². The summed E-state index contributed by atoms with van der Waals surface area (Å²) in [6.07, 6.45) is 1.59. The lowest BCUT2D eigenvalue weighted by atomic mass is 10.2. The van der Waals surface area contributed by atoms with E-state index in [0.29, 0.717) is 23.0 Å². The molecule has 4 rings (SSSR count). The molecule has 2 heterocycles. The number of rotatable bonds is 7. The minimum atomic E-state index is -0.202. The summed E-state index contributed by atoms with van der Waals surface area (Å²) >= 11 is 0. The summed E-state index contributed by atoms with van der Waals surface area (Å²) in [6, 6.07) is 19.1. The quantitative estimate of drug-likeness (QED) is 0.395. The summed E-state index contributed by atoms with van der Waals surface area (Å²) < 4.78 is 1.76. The number of hydrogen-bond donors (Lipinski definition) is 3. The molecule has 0 saturated carbocycles. The van der Waals surface area contributed by atoms with Crippen molar-refractivity contribution in [2.45, 2.75) is 20.8 Å². The first-order chi connectivity index (χ1) is 15.5. The highest BCUT2D eigenvalue weighted by atomic mass is 16.1. The predicted octanol–water partition coefficient (Wildman–Crippen LogP) is 4.71. The Bertz CT molecular complexity index is 1220. The Morgan fingerprint density at radius 2 is 1.69 bits per heavy atom. The van der Waals surface area contributed by atoms with Crippen molar-refractivity contribution in [2.75, 3.05) is 22.5 Å². The first-order valence-electron chi connectivity index (χ1n) is 10.4. The van der Waals surface area contributed by atoms with Crippen LogP contribution in [0.25, 0.3) is 5.69 Å². The second-order valence-corrected chi connectivity index (χ2v) is 7.30. The van der Waals surface area contributed by atoms with E-state index in [0.717, 1.165) is 29.3 Å². The van der Waals surface area contributed by atoms with E-state index >= 15 is 0 Å². The van der Waals surface area contributed by atoms with E-state index in [1.54, 1.807) is 10.9 Å². The summed E-state index contributed by atoms with van der Waals surface area (Å²) in [7, 11) is 0. The first-order valence-corrected chi connectivity index (χ1v) is 10.4. The topological polar surface area (TPSA) is 96.8 Å². The number of aromatic nitrogens is 4. The standard InChI is InChI=1S/C24H25N7O/c1-4-25-24-27-16(2)14-22(30-24)28-18-10-12-19(13-11-18)29-23(32)21-15-26-31(17(21)3)20-8-6-5-7-9-20/h5-15H,4H2,1-3H3,(H,29,32)(H2,25,27,28,30). The van der Waals surface area contributed by atoms with Crippen molar-refractivity contribution in [3.05, 3.63) is 83.8 Å². The number of amides is 1. The molecule has 8 nitrogen and oxygen atoms in total. The Hall–Kier alpha value is -4.20. The van der Waals surface area contributed by atoms with E-state index < -0.39 is 0 Å². The lowest BCUT2D eigenvalue weighted by Gasteiger charge is -2.10. The predicted molar refractivity (Wildman–Crippen MR) is 127 cm³/mol. The van der Waals surface area contributed by atoms with Crippen molar-refractivity contribution < 1.29 is 4.79 Å². The number of nitrogens with zero attached hydrogens (tertiary/aromatic N) is 4. The van der Waals surface area contributed by atoms with Crippen molar-refractivity contribution in [3.8, 4) is 5.69 Å². The number of benzene rings is 2. The zero-order chi connectivity index (χ0) is 22.5. The maximum absolute atomic E-state index is 12.8. The molecule has 0 unspecified atom stereocenters. The van der Waals surface area contributed by atoms with Gasteiger partial charge in [0.25, 0.3) is 5.91 Å². The number of carbonyl (C=O) groups is 1. The van der Waals surface area contributed by atoms with E-state index in [1.807, 2.05) is 81.4 Å². The zero-order valence-corrected chi connectivity index (χ0v) is 18.3. The Morgan fingerprint density at radius 3 is 2.41 bits per heavy atom. The highest BCUT2D eigenvalue weighted by Crippen LogP contribution is 2.20. The number of nitrogens with one attached hydrogen (secondary N) is 3. The molecule has 162 valence electrons. The van der Waals surface area contributed by atoms with Crippen LogP contribution in [0, 0.1) is 13.8 Å². The van der Waals surface area contributed by atoms with Crippen molar-refractivity contribution in [1.82, 2.24) is 19.7 Å². The molecule has 0 atom stereocenters. The van der Waals surface area contributed by atoms with E-state index in [4.69, 9.17) is 0 Å². The Balaban J connectivity index is 1.44. The Labute approximate surface area is 186 Å². The minimum absolute atomic E-state index is 0.202. The van der Waals surface area contributed by atoms with Gasteiger partial charge in [0.05, 0.1) is 23.1 Å². The molecule has 0 radical (unpaired) electrons. The van der Waals surface area contributed by atoms with Crippen LogP contribution in [0.1, 0.15) is 28.7 Å². The Kier molecular flexibility index (Phi) is 6.12. The van der Waals surface area contributed by atoms with Crippen LogP contribution in [-0.4, -0.2) is 32.2 Å². The monoisotopic (exact) mass is 427 g/mol. The summed E-state index contributed by atoms with van der Waals surface area (Å²) in [5.74, 6) is 1.09. The van der Waals surface area contributed by atoms with Crippen molar-refractivity contribution >= 4 is 29.0 Å². The fourth-order valence-electron chi connectivity index (χ4n) is 3.31. The van der Waals surface area contributed by atoms with E-state index in [9.17, 15) is 4.79 Å². The highest BCUT2D eigenvalue weighted by molar-refractivity contribution is 6.05. The van der Waals surface area contributed by atoms with Gasteiger partial charge < -0.3 is 16.0 Å². The van der Waals surface area contributed by atoms with E-state index in [2.05, 4.69) is 31.0 Å². The molecule has 0 aliphatic rings. The van der Waals surface area contributed by atoms with Crippen molar-refractivity contribution in [1.29, 1.82) is 0 Å². The zero-order valence-electron chi connectivity index (χ0n) is 18.3. The number of carbonyl (C=O) groups excluding carboxylic acids is 1. The molecule has 3 N–H and O–H groups in total. The fraction of sp³-hybridized carbons (Fsp3) is 0.167. The van der Waals surface area contributed by atoms with Gasteiger partial charge in [-0.05, 0) is 57.2 Å². The molecule has 0 spiro atoms. The van der Waals surface area contributed by atoms with Gasteiger partial charge in [0.1, 0.15) is 5.82 Å². The lowest BCUT2D eigenvalue weighted by molar-refractivity contribution is 0.102. The highest BCUT2D eigenvalue weighted by Gasteiger charge is 2.15. The van der Waals surface area contributed by atoms with Crippen LogP contribution in [0.4, 0.5) is 23.1 Å². The molecule has 1 amide bonds. The number of anilines is 4. The van der Waals surface area contributed by atoms with Gasteiger partial charge in [-0.25, -0.2) is 9.67 Å². The van der Waals surface area contributed by atoms with Crippen LogP contribution >= 0.6 is 0 Å². The van der Waals surface area contributed by atoms with Crippen molar-refractivity contribution in [2.24, 2.45) is 0 Å². The maximum atomic E-state index is 12.8. The summed E-state index contributed by atoms with van der Waals surface area (Å²) in [5, 5.41) is 13.7. The smallest absolute Gasteiger partial charge is 0.259 e. The molecule has 4 aromatic rings. The largest absolute Gasteiger partial charge is 0.354 e. The van der Waals surface area contributed by atoms with Crippen LogP contribution in [0.5, 0.6) is 0 Å². The van der Waals surface area contributed by atoms with Gasteiger partial charge in [-0.3, -0.25) is 4.79 Å². The van der Waals surface area contributed by atoms with Crippen LogP contribution in [0.3, 0.4) is 0 Å². The molecule has 2 aromatic heterocycles. The normalized spacial score (nSPS) is 10.6. The minimum Gasteiger partial charge on any atom is -0.354 e. The second-order valence-electron chi connectivity index (χ2n) is 7.30. The Morgan fingerprint density at radius 1 is 0.969 bits per heavy atom. The molecule has 0 bridgehead atoms. The molecular weight excluding hydrogens is 402 g/mol. The molecule has 0 saturated heterocycles. The van der Waals surface area contributed by atoms with Gasteiger partial charge >= 0.3 is 0 Å². The summed E-state index contributed by atoms with van der Waals surface area (Å²) in [4.78, 5) is 21.6. The third kappa shape index (κ3) is 4.75. The van der Waals surface area contributed by atoms with E-state index in [-0.39, 0.29) is 5.91 Å². The fourth-order valence-corrected chi connectivity index (χ4v) is 3.31. The van der Waals surface area contributed by atoms with E-state index in [1.165, 1.54) is 0 Å². The molecular formula is C24H25N7O. The molecule has 0 aliphatic carbocycles. The van der Waals surface area contributed by atoms with Gasteiger partial charge in [-0.1, -0.05) is 18.2 Å². The van der Waals surface area contributed by atoms with Crippen LogP contribution in [0.15, 0.2) is 66.9 Å². The van der Waals surface area contributed by atoms with Crippen LogP contribution in [-0.2, 0) is 0 Å². The lowest BCUT2D eigenvalue weighted by Crippen LogP contribution is -2.13. The second kappa shape index (κ2) is 9.30. The third-order valence-corrected chi connectivity index (χ3v) is 4.86. The van der Waals surface area contributed by atoms with Gasteiger partial charge in [-0.2, -0.15) is 10.1 Å². The molecule has 0 fully saturated rings. The van der Waals surface area contributed by atoms with Gasteiger partial charge in [-0.15, -0.1) is 0 Å². The first kappa shape index (κ1) is 21.0. The SMILES string of the molecule is CCNc1nc(C)cc(Nc2ccc(NC(=O)c3cnn(-c4ccccc4)c3C)cc2)n1. The molecule has 2 aromatic carbocycles. The number of aryl methyl sites for hydroxylation is 1. The number of hydrogen-bond acceptors (Lipinski definition) is 6. The average Bonchev–Trinajstić information content (AvgIpc) is 3.17. The average molecular weight is 428 g/mol.